The van der Waals surface area contributed by atoms with Crippen molar-refractivity contribution in [3.05, 3.63) is 28.2 Å². The summed E-state index contributed by atoms with van der Waals surface area (Å²) in [4.78, 5) is 1.22. The Kier molecular flexibility index (Phi) is 5.68. The molecule has 1 unspecified atom stereocenters. The fourth-order valence-electron chi connectivity index (χ4n) is 1.30. The van der Waals surface area contributed by atoms with Crippen LogP contribution in [0.15, 0.2) is 27.6 Å². The van der Waals surface area contributed by atoms with E-state index in [1.807, 2.05) is 13.1 Å². The molecule has 4 heteroatoms. The van der Waals surface area contributed by atoms with Gasteiger partial charge in [0.2, 0.25) is 0 Å². The summed E-state index contributed by atoms with van der Waals surface area (Å²) in [5.74, 6) is 0.736. The zero-order chi connectivity index (χ0) is 11.3. The number of aliphatic hydroxyl groups is 1. The van der Waals surface area contributed by atoms with Crippen LogP contribution in [0.25, 0.3) is 0 Å². The number of hydrogen-bond acceptors (Lipinski definition) is 3. The molecule has 1 aromatic rings. The third-order valence-electron chi connectivity index (χ3n) is 2.22. The lowest BCUT2D eigenvalue weighted by Gasteiger charge is -2.15. The molecular formula is C11H16BrNOS. The van der Waals surface area contributed by atoms with E-state index in [2.05, 4.69) is 40.3 Å². The molecule has 2 N–H and O–H groups in total. The predicted molar refractivity (Wildman–Crippen MR) is 69.4 cm³/mol. The van der Waals surface area contributed by atoms with Crippen molar-refractivity contribution in [2.24, 2.45) is 0 Å². The molecule has 0 bridgehead atoms. The maximum Gasteiger partial charge on any atom is 0.0525 e. The Morgan fingerprint density at radius 1 is 1.53 bits per heavy atom. The molecule has 15 heavy (non-hydrogen) atoms. The third kappa shape index (κ3) is 3.79. The lowest BCUT2D eigenvalue weighted by Crippen LogP contribution is -2.13. The standard InChI is InChI=1S/C11H16BrNOS/c1-8(13-2)10-4-3-9(12)7-11(10)15-6-5-14/h3-4,7-8,13-14H,5-6H2,1-2H3. The number of aliphatic hydroxyl groups excluding tert-OH is 1. The summed E-state index contributed by atoms with van der Waals surface area (Å²) in [6.45, 7) is 2.34. The van der Waals surface area contributed by atoms with Gasteiger partial charge in [0.25, 0.3) is 0 Å². The molecule has 1 aromatic carbocycles. The van der Waals surface area contributed by atoms with Crippen molar-refractivity contribution in [3.63, 3.8) is 0 Å². The van der Waals surface area contributed by atoms with Crippen LogP contribution in [0.1, 0.15) is 18.5 Å². The van der Waals surface area contributed by atoms with Gasteiger partial charge in [-0.05, 0) is 31.7 Å². The summed E-state index contributed by atoms with van der Waals surface area (Å²) in [6, 6.07) is 6.60. The Morgan fingerprint density at radius 2 is 2.27 bits per heavy atom. The van der Waals surface area contributed by atoms with Crippen LogP contribution >= 0.6 is 27.7 Å². The van der Waals surface area contributed by atoms with Gasteiger partial charge in [0, 0.05) is 21.2 Å². The first-order chi connectivity index (χ1) is 7.19. The van der Waals surface area contributed by atoms with Crippen molar-refractivity contribution < 1.29 is 5.11 Å². The van der Waals surface area contributed by atoms with Gasteiger partial charge in [0.1, 0.15) is 0 Å². The van der Waals surface area contributed by atoms with E-state index in [1.165, 1.54) is 10.5 Å². The van der Waals surface area contributed by atoms with Crippen LogP contribution in [-0.2, 0) is 0 Å². The highest BCUT2D eigenvalue weighted by atomic mass is 79.9. The second-order valence-electron chi connectivity index (χ2n) is 3.26. The largest absolute Gasteiger partial charge is 0.396 e. The minimum Gasteiger partial charge on any atom is -0.396 e. The van der Waals surface area contributed by atoms with Crippen LogP contribution in [-0.4, -0.2) is 24.5 Å². The quantitative estimate of drug-likeness (QED) is 0.818. The molecule has 2 nitrogen and oxygen atoms in total. The van der Waals surface area contributed by atoms with Gasteiger partial charge in [-0.3, -0.25) is 0 Å². The molecule has 0 saturated heterocycles. The van der Waals surface area contributed by atoms with Crippen molar-refractivity contribution in [3.8, 4) is 0 Å². The summed E-state index contributed by atoms with van der Waals surface area (Å²) < 4.78 is 1.08. The van der Waals surface area contributed by atoms with E-state index in [9.17, 15) is 0 Å². The van der Waals surface area contributed by atoms with Crippen LogP contribution in [0.5, 0.6) is 0 Å². The van der Waals surface area contributed by atoms with Crippen LogP contribution in [0.2, 0.25) is 0 Å². The van der Waals surface area contributed by atoms with Crippen molar-refractivity contribution in [1.29, 1.82) is 0 Å². The molecule has 0 aliphatic rings. The Bertz CT molecular complexity index is 319. The molecule has 0 aliphatic heterocycles. The van der Waals surface area contributed by atoms with Gasteiger partial charge < -0.3 is 10.4 Å². The van der Waals surface area contributed by atoms with E-state index in [0.717, 1.165) is 10.2 Å². The third-order valence-corrected chi connectivity index (χ3v) is 3.77. The molecule has 1 atom stereocenters. The molecule has 0 spiro atoms. The Labute approximate surface area is 104 Å². The monoisotopic (exact) mass is 289 g/mol. The van der Waals surface area contributed by atoms with E-state index >= 15 is 0 Å². The molecule has 84 valence electrons. The van der Waals surface area contributed by atoms with Crippen molar-refractivity contribution in [1.82, 2.24) is 5.32 Å². The lowest BCUT2D eigenvalue weighted by molar-refractivity contribution is 0.322. The first-order valence-electron chi connectivity index (χ1n) is 4.89. The van der Waals surface area contributed by atoms with Crippen molar-refractivity contribution in [2.75, 3.05) is 19.4 Å². The maximum absolute atomic E-state index is 8.84. The van der Waals surface area contributed by atoms with Crippen LogP contribution in [0.3, 0.4) is 0 Å². The topological polar surface area (TPSA) is 32.3 Å². The predicted octanol–water partition coefficient (Wildman–Crippen LogP) is 2.81. The van der Waals surface area contributed by atoms with Gasteiger partial charge in [-0.15, -0.1) is 11.8 Å². The number of halogens is 1. The van der Waals surface area contributed by atoms with E-state index in [1.54, 1.807) is 11.8 Å². The normalized spacial score (nSPS) is 12.8. The number of hydrogen-bond donors (Lipinski definition) is 2. The molecule has 0 saturated carbocycles. The first-order valence-corrected chi connectivity index (χ1v) is 6.67. The zero-order valence-electron chi connectivity index (χ0n) is 8.96. The van der Waals surface area contributed by atoms with Gasteiger partial charge in [-0.2, -0.15) is 0 Å². The molecule has 0 fully saturated rings. The number of rotatable bonds is 5. The summed E-state index contributed by atoms with van der Waals surface area (Å²) in [6.07, 6.45) is 0. The highest BCUT2D eigenvalue weighted by Gasteiger charge is 2.09. The molecule has 0 aliphatic carbocycles. The molecule has 0 radical (unpaired) electrons. The maximum atomic E-state index is 8.84. The van der Waals surface area contributed by atoms with E-state index < -0.39 is 0 Å². The fraction of sp³-hybridized carbons (Fsp3) is 0.455. The lowest BCUT2D eigenvalue weighted by atomic mass is 10.1. The second-order valence-corrected chi connectivity index (χ2v) is 5.32. The minimum atomic E-state index is 0.213. The average molecular weight is 290 g/mol. The van der Waals surface area contributed by atoms with Crippen LogP contribution < -0.4 is 5.32 Å². The summed E-state index contributed by atoms with van der Waals surface area (Å²) in [7, 11) is 1.95. The summed E-state index contributed by atoms with van der Waals surface area (Å²) in [5, 5.41) is 12.1. The molecular weight excluding hydrogens is 274 g/mol. The SMILES string of the molecule is CNC(C)c1ccc(Br)cc1SCCO. The van der Waals surface area contributed by atoms with Gasteiger partial charge in [0.05, 0.1) is 6.61 Å². The minimum absolute atomic E-state index is 0.213. The zero-order valence-corrected chi connectivity index (χ0v) is 11.4. The molecule has 0 heterocycles. The van der Waals surface area contributed by atoms with E-state index in [0.29, 0.717) is 6.04 Å². The molecule has 1 rings (SSSR count). The van der Waals surface area contributed by atoms with Gasteiger partial charge in [0.15, 0.2) is 0 Å². The number of benzene rings is 1. The Hall–Kier alpha value is -0.0300. The van der Waals surface area contributed by atoms with Crippen molar-refractivity contribution in [2.45, 2.75) is 17.9 Å². The Morgan fingerprint density at radius 3 is 2.87 bits per heavy atom. The first kappa shape index (κ1) is 13.0. The highest BCUT2D eigenvalue weighted by Crippen LogP contribution is 2.30. The fourth-order valence-corrected chi connectivity index (χ4v) is 2.75. The van der Waals surface area contributed by atoms with Gasteiger partial charge >= 0.3 is 0 Å². The summed E-state index contributed by atoms with van der Waals surface area (Å²) in [5.41, 5.74) is 1.28. The average Bonchev–Trinajstić information content (AvgIpc) is 2.25. The van der Waals surface area contributed by atoms with Crippen molar-refractivity contribution >= 4 is 27.7 Å². The summed E-state index contributed by atoms with van der Waals surface area (Å²) >= 11 is 5.15. The second kappa shape index (κ2) is 6.53. The van der Waals surface area contributed by atoms with Crippen LogP contribution in [0, 0.1) is 0 Å². The molecule has 0 aromatic heterocycles. The number of nitrogens with one attached hydrogen (secondary N) is 1. The molecule has 0 amide bonds. The Balaban J connectivity index is 2.92. The highest BCUT2D eigenvalue weighted by molar-refractivity contribution is 9.10. The van der Waals surface area contributed by atoms with Crippen LogP contribution in [0.4, 0.5) is 0 Å². The van der Waals surface area contributed by atoms with E-state index in [-0.39, 0.29) is 6.61 Å². The number of thioether (sulfide) groups is 1. The van der Waals surface area contributed by atoms with Gasteiger partial charge in [-0.25, -0.2) is 0 Å². The van der Waals surface area contributed by atoms with Gasteiger partial charge in [-0.1, -0.05) is 22.0 Å². The smallest absolute Gasteiger partial charge is 0.0525 e. The van der Waals surface area contributed by atoms with E-state index in [4.69, 9.17) is 5.11 Å².